The number of aromatic nitrogens is 3. The van der Waals surface area contributed by atoms with Crippen molar-refractivity contribution >= 4 is 27.6 Å². The molecule has 0 aliphatic carbocycles. The van der Waals surface area contributed by atoms with Crippen LogP contribution in [-0.4, -0.2) is 20.1 Å². The molecule has 0 saturated carbocycles. The molecule has 0 atom stereocenters. The molecule has 0 radical (unpaired) electrons. The number of Topliss-reactive ketones (excluding diaryl/α,β-unsaturated/α-hetero) is 1. The Hall–Kier alpha value is -3.42. The number of ketones is 1. The van der Waals surface area contributed by atoms with E-state index in [0.717, 1.165) is 12.1 Å². The molecule has 5 nitrogen and oxygen atoms in total. The molecule has 4 aromatic rings. The Bertz CT molecular complexity index is 1370. The molecular weight excluding hydrogens is 395 g/mol. The fraction of sp³-hybridized carbons (Fsp3) is 0.227. The second-order valence-electron chi connectivity index (χ2n) is 7.25. The van der Waals surface area contributed by atoms with Gasteiger partial charge in [0.2, 0.25) is 0 Å². The van der Waals surface area contributed by atoms with Crippen molar-refractivity contribution in [2.45, 2.75) is 26.3 Å². The van der Waals surface area contributed by atoms with Crippen LogP contribution in [0.2, 0.25) is 0 Å². The van der Waals surface area contributed by atoms with Crippen LogP contribution in [0.3, 0.4) is 0 Å². The summed E-state index contributed by atoms with van der Waals surface area (Å²) >= 11 is 0. The highest BCUT2D eigenvalue weighted by Crippen LogP contribution is 2.25. The van der Waals surface area contributed by atoms with Gasteiger partial charge in [-0.15, -0.1) is 0 Å². The molecule has 0 aliphatic heterocycles. The van der Waals surface area contributed by atoms with E-state index in [0.29, 0.717) is 27.5 Å². The number of pyridine rings is 1. The number of benzene rings is 2. The van der Waals surface area contributed by atoms with Crippen LogP contribution in [0.4, 0.5) is 13.2 Å². The monoisotopic (exact) mass is 413 g/mol. The molecule has 0 spiro atoms. The summed E-state index contributed by atoms with van der Waals surface area (Å²) in [5, 5.41) is 5.36. The SMILES string of the molecule is Cc1nn(C)c2c1c(=O)n(CCC(=O)Cc1ccc(F)cc1F)c1cc(F)ccc21. The molecule has 0 aliphatic rings. The third-order valence-corrected chi connectivity index (χ3v) is 5.20. The molecule has 8 heteroatoms. The van der Waals surface area contributed by atoms with E-state index < -0.39 is 17.5 Å². The molecule has 2 aromatic heterocycles. The molecule has 0 amide bonds. The van der Waals surface area contributed by atoms with Gasteiger partial charge in [-0.1, -0.05) is 6.07 Å². The quantitative estimate of drug-likeness (QED) is 0.500. The van der Waals surface area contributed by atoms with E-state index in [1.165, 1.54) is 22.8 Å². The molecule has 4 rings (SSSR count). The third-order valence-electron chi connectivity index (χ3n) is 5.20. The predicted molar refractivity (Wildman–Crippen MR) is 107 cm³/mol. The van der Waals surface area contributed by atoms with E-state index >= 15 is 0 Å². The van der Waals surface area contributed by atoms with Crippen LogP contribution in [0.5, 0.6) is 0 Å². The van der Waals surface area contributed by atoms with Crippen molar-refractivity contribution in [1.82, 2.24) is 14.3 Å². The highest BCUT2D eigenvalue weighted by atomic mass is 19.1. The van der Waals surface area contributed by atoms with Gasteiger partial charge < -0.3 is 4.57 Å². The fourth-order valence-electron chi connectivity index (χ4n) is 3.82. The van der Waals surface area contributed by atoms with Crippen molar-refractivity contribution in [2.75, 3.05) is 0 Å². The highest BCUT2D eigenvalue weighted by Gasteiger charge is 2.18. The molecule has 0 fully saturated rings. The number of nitrogens with zero attached hydrogens (tertiary/aromatic N) is 3. The number of carbonyl (C=O) groups is 1. The van der Waals surface area contributed by atoms with Crippen LogP contribution >= 0.6 is 0 Å². The molecule has 0 N–H and O–H groups in total. The van der Waals surface area contributed by atoms with Gasteiger partial charge >= 0.3 is 0 Å². The van der Waals surface area contributed by atoms with Crippen molar-refractivity contribution in [3.8, 4) is 0 Å². The van der Waals surface area contributed by atoms with Gasteiger partial charge in [0.05, 0.1) is 22.1 Å². The van der Waals surface area contributed by atoms with Crippen molar-refractivity contribution < 1.29 is 18.0 Å². The molecule has 2 aromatic carbocycles. The maximum Gasteiger partial charge on any atom is 0.262 e. The fourth-order valence-corrected chi connectivity index (χ4v) is 3.82. The summed E-state index contributed by atoms with van der Waals surface area (Å²) in [7, 11) is 1.71. The van der Waals surface area contributed by atoms with Gasteiger partial charge in [-0.2, -0.15) is 5.10 Å². The Kier molecular flexibility index (Phi) is 4.93. The van der Waals surface area contributed by atoms with E-state index in [1.807, 2.05) is 0 Å². The zero-order chi connectivity index (χ0) is 21.6. The normalized spacial score (nSPS) is 11.5. The topological polar surface area (TPSA) is 56.9 Å². The Morgan fingerprint density at radius 3 is 2.50 bits per heavy atom. The lowest BCUT2D eigenvalue weighted by molar-refractivity contribution is -0.118. The first-order valence-electron chi connectivity index (χ1n) is 9.37. The van der Waals surface area contributed by atoms with Crippen LogP contribution in [-0.2, 0) is 24.8 Å². The average Bonchev–Trinajstić information content (AvgIpc) is 2.98. The smallest absolute Gasteiger partial charge is 0.262 e. The summed E-state index contributed by atoms with van der Waals surface area (Å²) in [5.41, 5.74) is 1.22. The summed E-state index contributed by atoms with van der Waals surface area (Å²) in [6, 6.07) is 7.18. The second kappa shape index (κ2) is 7.44. The summed E-state index contributed by atoms with van der Waals surface area (Å²) in [6.45, 7) is 1.72. The first kappa shape index (κ1) is 19.9. The maximum atomic E-state index is 13.9. The zero-order valence-electron chi connectivity index (χ0n) is 16.4. The zero-order valence-corrected chi connectivity index (χ0v) is 16.4. The minimum absolute atomic E-state index is 0.00467. The molecule has 154 valence electrons. The Morgan fingerprint density at radius 1 is 1.07 bits per heavy atom. The number of hydrogen-bond donors (Lipinski definition) is 0. The van der Waals surface area contributed by atoms with Crippen LogP contribution in [0, 0.1) is 24.4 Å². The van der Waals surface area contributed by atoms with E-state index in [9.17, 15) is 22.8 Å². The van der Waals surface area contributed by atoms with Gasteiger partial charge in [-0.05, 0) is 36.8 Å². The van der Waals surface area contributed by atoms with Crippen LogP contribution in [0.25, 0.3) is 21.8 Å². The first-order valence-corrected chi connectivity index (χ1v) is 9.37. The van der Waals surface area contributed by atoms with E-state index in [1.54, 1.807) is 24.7 Å². The molecular formula is C22H18F3N3O2. The average molecular weight is 413 g/mol. The second-order valence-corrected chi connectivity index (χ2v) is 7.25. The summed E-state index contributed by atoms with van der Waals surface area (Å²) < 4.78 is 43.7. The lowest BCUT2D eigenvalue weighted by Crippen LogP contribution is -2.23. The van der Waals surface area contributed by atoms with Crippen molar-refractivity contribution in [3.63, 3.8) is 0 Å². The van der Waals surface area contributed by atoms with Gasteiger partial charge in [0.1, 0.15) is 23.2 Å². The molecule has 0 bridgehead atoms. The summed E-state index contributed by atoms with van der Waals surface area (Å²) in [5.74, 6) is -2.34. The highest BCUT2D eigenvalue weighted by molar-refractivity contribution is 6.04. The van der Waals surface area contributed by atoms with E-state index in [-0.39, 0.29) is 36.3 Å². The van der Waals surface area contributed by atoms with Crippen molar-refractivity contribution in [3.05, 3.63) is 75.5 Å². The standard InChI is InChI=1S/C22H18F3N3O2/c1-12-20-21(27(2)26-12)17-6-5-15(24)11-19(17)28(22(20)30)8-7-16(29)9-13-3-4-14(23)10-18(13)25/h3-6,10-11H,7-9H2,1-2H3. The van der Waals surface area contributed by atoms with Crippen LogP contribution < -0.4 is 5.56 Å². The van der Waals surface area contributed by atoms with E-state index in [2.05, 4.69) is 5.10 Å². The van der Waals surface area contributed by atoms with Crippen LogP contribution in [0.15, 0.2) is 41.2 Å². The molecule has 0 saturated heterocycles. The minimum atomic E-state index is -0.791. The number of halogens is 3. The largest absolute Gasteiger partial charge is 0.307 e. The van der Waals surface area contributed by atoms with Gasteiger partial charge in [0.25, 0.3) is 5.56 Å². The van der Waals surface area contributed by atoms with Crippen LogP contribution in [0.1, 0.15) is 17.7 Å². The molecule has 2 heterocycles. The number of hydrogen-bond acceptors (Lipinski definition) is 3. The van der Waals surface area contributed by atoms with Gasteiger partial charge in [0.15, 0.2) is 0 Å². The Labute approximate surface area is 169 Å². The van der Waals surface area contributed by atoms with Gasteiger partial charge in [0, 0.05) is 37.9 Å². The number of rotatable bonds is 5. The van der Waals surface area contributed by atoms with Gasteiger partial charge in [-0.3, -0.25) is 14.3 Å². The molecule has 0 unspecified atom stereocenters. The first-order chi connectivity index (χ1) is 14.3. The van der Waals surface area contributed by atoms with Crippen molar-refractivity contribution in [2.24, 2.45) is 7.05 Å². The summed E-state index contributed by atoms with van der Waals surface area (Å²) in [6.07, 6.45) is -0.283. The van der Waals surface area contributed by atoms with E-state index in [4.69, 9.17) is 0 Å². The number of fused-ring (bicyclic) bond motifs is 3. The Balaban J connectivity index is 1.72. The Morgan fingerprint density at radius 2 is 1.77 bits per heavy atom. The maximum absolute atomic E-state index is 13.9. The predicted octanol–water partition coefficient (Wildman–Crippen LogP) is 3.82. The lowest BCUT2D eigenvalue weighted by Gasteiger charge is -2.12. The molecule has 30 heavy (non-hydrogen) atoms. The van der Waals surface area contributed by atoms with Crippen molar-refractivity contribution in [1.29, 1.82) is 0 Å². The number of carbonyl (C=O) groups excluding carboxylic acids is 1. The number of aryl methyl sites for hydroxylation is 3. The van der Waals surface area contributed by atoms with Gasteiger partial charge in [-0.25, -0.2) is 13.2 Å². The minimum Gasteiger partial charge on any atom is -0.307 e. The third kappa shape index (κ3) is 3.38. The summed E-state index contributed by atoms with van der Waals surface area (Å²) in [4.78, 5) is 25.5. The lowest BCUT2D eigenvalue weighted by atomic mass is 10.1.